The van der Waals surface area contributed by atoms with Crippen LogP contribution in [0.2, 0.25) is 0 Å². The van der Waals surface area contributed by atoms with Crippen molar-refractivity contribution in [2.75, 3.05) is 0 Å². The average Bonchev–Trinajstić information content (AvgIpc) is 2.96. The predicted molar refractivity (Wildman–Crippen MR) is 102 cm³/mol. The minimum atomic E-state index is -1.05. The molecule has 0 bridgehead atoms. The number of hydrogen-bond acceptors (Lipinski definition) is 5. The number of carbonyl (C=O) groups excluding carboxylic acids is 1. The lowest BCUT2D eigenvalue weighted by Crippen LogP contribution is -2.19. The van der Waals surface area contributed by atoms with E-state index in [9.17, 15) is 14.4 Å². The van der Waals surface area contributed by atoms with Crippen molar-refractivity contribution in [1.82, 2.24) is 5.32 Å². The third-order valence-electron chi connectivity index (χ3n) is 3.78. The molecule has 0 aromatic heterocycles. The van der Waals surface area contributed by atoms with E-state index in [1.165, 1.54) is 24.3 Å². The molecule has 0 unspecified atom stereocenters. The SMILES string of the molecule is Cc1ccc(C(=O)O)cc1N=C1NC(=O)/C(=C/c2ccc(C(=O)O)cc2)S1. The van der Waals surface area contributed by atoms with E-state index in [2.05, 4.69) is 10.3 Å². The van der Waals surface area contributed by atoms with Gasteiger partial charge in [-0.05, 0) is 60.2 Å². The summed E-state index contributed by atoms with van der Waals surface area (Å²) in [7, 11) is 0. The van der Waals surface area contributed by atoms with Gasteiger partial charge in [-0.15, -0.1) is 0 Å². The monoisotopic (exact) mass is 382 g/mol. The van der Waals surface area contributed by atoms with Crippen LogP contribution < -0.4 is 5.32 Å². The Hall–Kier alpha value is -3.39. The normalized spacial score (nSPS) is 16.6. The topological polar surface area (TPSA) is 116 Å². The number of benzene rings is 2. The largest absolute Gasteiger partial charge is 0.478 e. The van der Waals surface area contributed by atoms with Crippen LogP contribution in [-0.2, 0) is 4.79 Å². The Bertz CT molecular complexity index is 1010. The molecule has 2 aromatic rings. The van der Waals surface area contributed by atoms with Crippen molar-refractivity contribution in [3.05, 3.63) is 69.6 Å². The Morgan fingerprint density at radius 1 is 1.04 bits per heavy atom. The van der Waals surface area contributed by atoms with Crippen LogP contribution in [-0.4, -0.2) is 33.2 Å². The first-order valence-electron chi connectivity index (χ1n) is 7.80. The van der Waals surface area contributed by atoms with Gasteiger partial charge >= 0.3 is 11.9 Å². The van der Waals surface area contributed by atoms with Crippen LogP contribution in [0, 0.1) is 6.92 Å². The maximum Gasteiger partial charge on any atom is 0.335 e. The van der Waals surface area contributed by atoms with E-state index in [1.807, 2.05) is 0 Å². The highest BCUT2D eigenvalue weighted by atomic mass is 32.2. The summed E-state index contributed by atoms with van der Waals surface area (Å²) in [6.07, 6.45) is 1.63. The Labute approximate surface area is 158 Å². The predicted octanol–water partition coefficient (Wildman–Crippen LogP) is 3.28. The van der Waals surface area contributed by atoms with Crippen LogP contribution in [0.25, 0.3) is 6.08 Å². The number of rotatable bonds is 4. The number of nitrogens with zero attached hydrogens (tertiary/aromatic N) is 1. The maximum absolute atomic E-state index is 12.1. The second kappa shape index (κ2) is 7.46. The van der Waals surface area contributed by atoms with Gasteiger partial charge in [0.25, 0.3) is 5.91 Å². The molecule has 0 saturated carbocycles. The molecule has 0 atom stereocenters. The number of carboxylic acid groups (broad SMARTS) is 2. The first kappa shape index (κ1) is 18.4. The van der Waals surface area contributed by atoms with E-state index in [0.717, 1.165) is 17.3 Å². The van der Waals surface area contributed by atoms with Gasteiger partial charge in [0.05, 0.1) is 21.7 Å². The minimum absolute atomic E-state index is 0.114. The number of aliphatic imine (C=N–C) groups is 1. The lowest BCUT2D eigenvalue weighted by molar-refractivity contribution is -0.115. The summed E-state index contributed by atoms with van der Waals surface area (Å²) in [5.74, 6) is -2.39. The molecule has 1 fully saturated rings. The van der Waals surface area contributed by atoms with Crippen molar-refractivity contribution in [1.29, 1.82) is 0 Å². The first-order chi connectivity index (χ1) is 12.8. The van der Waals surface area contributed by atoms with E-state index < -0.39 is 11.9 Å². The first-order valence-corrected chi connectivity index (χ1v) is 8.62. The van der Waals surface area contributed by atoms with Crippen LogP contribution in [0.15, 0.2) is 52.4 Å². The molecule has 0 aliphatic carbocycles. The molecule has 1 aliphatic rings. The van der Waals surface area contributed by atoms with Crippen molar-refractivity contribution in [2.24, 2.45) is 4.99 Å². The fraction of sp³-hybridized carbons (Fsp3) is 0.0526. The van der Waals surface area contributed by atoms with E-state index in [0.29, 0.717) is 21.3 Å². The van der Waals surface area contributed by atoms with Crippen LogP contribution in [0.3, 0.4) is 0 Å². The molecule has 0 spiro atoms. The highest BCUT2D eigenvalue weighted by Crippen LogP contribution is 2.29. The fourth-order valence-electron chi connectivity index (χ4n) is 2.33. The number of amides is 1. The molecule has 0 radical (unpaired) electrons. The summed E-state index contributed by atoms with van der Waals surface area (Å²) in [5, 5.41) is 21.0. The Morgan fingerprint density at radius 2 is 1.67 bits per heavy atom. The van der Waals surface area contributed by atoms with Crippen LogP contribution >= 0.6 is 11.8 Å². The molecule has 3 N–H and O–H groups in total. The van der Waals surface area contributed by atoms with Crippen LogP contribution in [0.1, 0.15) is 31.8 Å². The zero-order valence-electron chi connectivity index (χ0n) is 14.1. The molecular weight excluding hydrogens is 368 g/mol. The third-order valence-corrected chi connectivity index (χ3v) is 4.69. The maximum atomic E-state index is 12.1. The van der Waals surface area contributed by atoms with E-state index in [-0.39, 0.29) is 17.0 Å². The zero-order valence-corrected chi connectivity index (χ0v) is 14.9. The van der Waals surface area contributed by atoms with E-state index >= 15 is 0 Å². The number of hydrogen-bond donors (Lipinski definition) is 3. The van der Waals surface area contributed by atoms with E-state index in [1.54, 1.807) is 31.2 Å². The summed E-state index contributed by atoms with van der Waals surface area (Å²) >= 11 is 1.13. The lowest BCUT2D eigenvalue weighted by atomic mass is 10.1. The molecule has 7 nitrogen and oxygen atoms in total. The Balaban J connectivity index is 1.85. The highest BCUT2D eigenvalue weighted by Gasteiger charge is 2.24. The molecule has 27 heavy (non-hydrogen) atoms. The molecule has 1 amide bonds. The van der Waals surface area contributed by atoms with Gasteiger partial charge in [0, 0.05) is 0 Å². The van der Waals surface area contributed by atoms with Gasteiger partial charge in [-0.1, -0.05) is 18.2 Å². The second-order valence-corrected chi connectivity index (χ2v) is 6.75. The van der Waals surface area contributed by atoms with Gasteiger partial charge in [-0.2, -0.15) is 0 Å². The van der Waals surface area contributed by atoms with Gasteiger partial charge in [0.2, 0.25) is 0 Å². The minimum Gasteiger partial charge on any atom is -0.478 e. The van der Waals surface area contributed by atoms with Crippen molar-refractivity contribution < 1.29 is 24.6 Å². The van der Waals surface area contributed by atoms with Crippen molar-refractivity contribution >= 4 is 46.5 Å². The summed E-state index contributed by atoms with van der Waals surface area (Å²) in [6, 6.07) is 10.7. The molecule has 2 aromatic carbocycles. The molecular formula is C19H14N2O5S. The molecule has 136 valence electrons. The fourth-order valence-corrected chi connectivity index (χ4v) is 3.16. The van der Waals surface area contributed by atoms with Gasteiger partial charge in [0.15, 0.2) is 5.17 Å². The number of nitrogens with one attached hydrogen (secondary N) is 1. The summed E-state index contributed by atoms with van der Waals surface area (Å²) < 4.78 is 0. The van der Waals surface area contributed by atoms with Crippen molar-refractivity contribution in [2.45, 2.75) is 6.92 Å². The van der Waals surface area contributed by atoms with Gasteiger partial charge in [-0.25, -0.2) is 14.6 Å². The summed E-state index contributed by atoms with van der Waals surface area (Å²) in [4.78, 5) is 38.9. The average molecular weight is 382 g/mol. The van der Waals surface area contributed by atoms with Gasteiger partial charge in [0.1, 0.15) is 0 Å². The number of aromatic carboxylic acids is 2. The number of thioether (sulfide) groups is 1. The molecule has 1 aliphatic heterocycles. The number of amidine groups is 1. The van der Waals surface area contributed by atoms with Crippen LogP contribution in [0.4, 0.5) is 5.69 Å². The quantitative estimate of drug-likeness (QED) is 0.699. The Morgan fingerprint density at radius 3 is 2.30 bits per heavy atom. The molecule has 1 saturated heterocycles. The van der Waals surface area contributed by atoms with Gasteiger partial charge < -0.3 is 15.5 Å². The molecule has 1 heterocycles. The van der Waals surface area contributed by atoms with Crippen LogP contribution in [0.5, 0.6) is 0 Å². The van der Waals surface area contributed by atoms with E-state index in [4.69, 9.17) is 10.2 Å². The number of aryl methyl sites for hydroxylation is 1. The number of carboxylic acids is 2. The Kier molecular flexibility index (Phi) is 5.09. The third kappa shape index (κ3) is 4.24. The highest BCUT2D eigenvalue weighted by molar-refractivity contribution is 8.18. The van der Waals surface area contributed by atoms with Crippen molar-refractivity contribution in [3.8, 4) is 0 Å². The molecule has 3 rings (SSSR count). The lowest BCUT2D eigenvalue weighted by Gasteiger charge is -2.03. The zero-order chi connectivity index (χ0) is 19.6. The number of carbonyl (C=O) groups is 3. The summed E-state index contributed by atoms with van der Waals surface area (Å²) in [6.45, 7) is 1.80. The smallest absolute Gasteiger partial charge is 0.335 e. The standard InChI is InChI=1S/C19H14N2O5S/c1-10-2-5-13(18(25)26)9-14(10)20-19-21-16(22)15(27-19)8-11-3-6-12(7-4-11)17(23)24/h2-9H,1H3,(H,23,24)(H,25,26)(H,20,21,22)/b15-8-. The van der Waals surface area contributed by atoms with Crippen molar-refractivity contribution in [3.63, 3.8) is 0 Å². The van der Waals surface area contributed by atoms with Gasteiger partial charge in [-0.3, -0.25) is 4.79 Å². The summed E-state index contributed by atoms with van der Waals surface area (Å²) in [5.41, 5.74) is 2.21. The molecule has 8 heteroatoms. The second-order valence-electron chi connectivity index (χ2n) is 5.72.